The Labute approximate surface area is 161 Å². The zero-order valence-corrected chi connectivity index (χ0v) is 16.7. The van der Waals surface area contributed by atoms with Crippen LogP contribution in [0.2, 0.25) is 0 Å². The van der Waals surface area contributed by atoms with Crippen molar-refractivity contribution in [3.05, 3.63) is 78.2 Å². The van der Waals surface area contributed by atoms with Gasteiger partial charge in [0.2, 0.25) is 0 Å². The fraction of sp³-hybridized carbons (Fsp3) is 0.222. The SMILES string of the molecule is Cc1ccc2c(c1)C=[C-]C2C.[CH2-]C.[Cl-].[Cl-].[Zr+2].c1cc[cH-]c1. The van der Waals surface area contributed by atoms with Crippen LogP contribution in [0.15, 0.2) is 48.5 Å². The van der Waals surface area contributed by atoms with E-state index in [1.165, 1.54) is 16.7 Å². The molecule has 0 fully saturated rings. The van der Waals surface area contributed by atoms with Gasteiger partial charge in [-0.25, -0.2) is 18.2 Å². The maximum absolute atomic E-state index is 3.29. The Morgan fingerprint density at radius 2 is 1.67 bits per heavy atom. The summed E-state index contributed by atoms with van der Waals surface area (Å²) in [5.41, 5.74) is 4.09. The van der Waals surface area contributed by atoms with Crippen molar-refractivity contribution in [1.29, 1.82) is 0 Å². The van der Waals surface area contributed by atoms with Crippen LogP contribution < -0.4 is 24.8 Å². The molecule has 1 aliphatic rings. The van der Waals surface area contributed by atoms with Crippen molar-refractivity contribution in [2.45, 2.75) is 26.7 Å². The third kappa shape index (κ3) is 8.71. The van der Waals surface area contributed by atoms with E-state index in [9.17, 15) is 0 Å². The smallest absolute Gasteiger partial charge is 1.00 e. The van der Waals surface area contributed by atoms with Crippen LogP contribution >= 0.6 is 0 Å². The Morgan fingerprint density at radius 3 is 2.14 bits per heavy atom. The van der Waals surface area contributed by atoms with Crippen LogP contribution in [0.4, 0.5) is 0 Å². The van der Waals surface area contributed by atoms with Crippen LogP contribution in [0.3, 0.4) is 0 Å². The molecule has 1 aliphatic carbocycles. The molecule has 3 rings (SSSR count). The summed E-state index contributed by atoms with van der Waals surface area (Å²) in [6.07, 6.45) is 5.38. The number of halogens is 2. The average Bonchev–Trinajstić information content (AvgIpc) is 3.06. The second-order valence-electron chi connectivity index (χ2n) is 4.13. The molecule has 0 radical (unpaired) electrons. The van der Waals surface area contributed by atoms with E-state index in [2.05, 4.69) is 51.1 Å². The topological polar surface area (TPSA) is 0 Å². The van der Waals surface area contributed by atoms with Crippen LogP contribution in [-0.4, -0.2) is 0 Å². The number of allylic oxidation sites excluding steroid dienone is 1. The summed E-state index contributed by atoms with van der Waals surface area (Å²) < 4.78 is 0. The van der Waals surface area contributed by atoms with Crippen molar-refractivity contribution < 1.29 is 51.0 Å². The number of rotatable bonds is 0. The van der Waals surface area contributed by atoms with E-state index in [-0.39, 0.29) is 51.0 Å². The molecule has 21 heavy (non-hydrogen) atoms. The predicted octanol–water partition coefficient (Wildman–Crippen LogP) is -0.820. The molecule has 1 atom stereocenters. The Hall–Kier alpha value is -0.227. The molecule has 0 heterocycles. The van der Waals surface area contributed by atoms with Crippen LogP contribution in [0.1, 0.15) is 36.5 Å². The second kappa shape index (κ2) is 14.7. The van der Waals surface area contributed by atoms with Gasteiger partial charge in [-0.05, 0) is 6.92 Å². The number of fused-ring (bicyclic) bond motifs is 1. The van der Waals surface area contributed by atoms with Crippen LogP contribution in [0, 0.1) is 19.9 Å². The van der Waals surface area contributed by atoms with E-state index >= 15 is 0 Å². The first-order valence-electron chi connectivity index (χ1n) is 6.34. The van der Waals surface area contributed by atoms with Crippen LogP contribution in [-0.2, 0) is 26.2 Å². The van der Waals surface area contributed by atoms with Gasteiger partial charge in [-0.3, -0.25) is 6.08 Å². The molecule has 0 saturated carbocycles. The second-order valence-corrected chi connectivity index (χ2v) is 4.13. The monoisotopic (exact) mass is 397 g/mol. The van der Waals surface area contributed by atoms with Crippen molar-refractivity contribution in [2.75, 3.05) is 0 Å². The maximum Gasteiger partial charge on any atom is 2.00 e. The third-order valence-corrected chi connectivity index (χ3v) is 2.75. The van der Waals surface area contributed by atoms with Crippen molar-refractivity contribution in [2.24, 2.45) is 0 Å². The molecule has 2 aromatic carbocycles. The Kier molecular flexibility index (Phi) is 18.0. The summed E-state index contributed by atoms with van der Waals surface area (Å²) in [5.74, 6) is 0.491. The summed E-state index contributed by atoms with van der Waals surface area (Å²) in [6, 6.07) is 16.6. The van der Waals surface area contributed by atoms with E-state index in [4.69, 9.17) is 0 Å². The molecule has 1 unspecified atom stereocenters. The minimum atomic E-state index is 0. The van der Waals surface area contributed by atoms with Gasteiger partial charge < -0.3 is 31.7 Å². The first-order valence-corrected chi connectivity index (χ1v) is 6.34. The Morgan fingerprint density at radius 1 is 1.10 bits per heavy atom. The van der Waals surface area contributed by atoms with Gasteiger partial charge >= 0.3 is 26.2 Å². The Bertz CT molecular complexity index is 459. The normalized spacial score (nSPS) is 12.9. The molecule has 2 aromatic rings. The molecule has 0 bridgehead atoms. The first-order chi connectivity index (χ1) is 8.77. The quantitative estimate of drug-likeness (QED) is 0.508. The van der Waals surface area contributed by atoms with Crippen molar-refractivity contribution >= 4 is 6.08 Å². The summed E-state index contributed by atoms with van der Waals surface area (Å²) >= 11 is 0. The van der Waals surface area contributed by atoms with Gasteiger partial charge in [0.15, 0.2) is 0 Å². The van der Waals surface area contributed by atoms with Gasteiger partial charge in [-0.2, -0.15) is 30.7 Å². The van der Waals surface area contributed by atoms with Gasteiger partial charge in [-0.1, -0.05) is 30.5 Å². The standard InChI is InChI=1S/C11H11.C5H5.C2H5.2ClH.Zr/c1-8-3-6-11-9(2)4-5-10(11)7-8;1-2-4-5-3-1;1-2;;;/h3,5-7,9H,1-2H3;1-5H;1H2,2H3;2*1H;/q3*-1;;;+2/p-2. The van der Waals surface area contributed by atoms with Crippen molar-refractivity contribution in [3.63, 3.8) is 0 Å². The molecule has 114 valence electrons. The van der Waals surface area contributed by atoms with E-state index in [1.54, 1.807) is 6.92 Å². The van der Waals surface area contributed by atoms with Gasteiger partial charge in [-0.15, -0.1) is 11.6 Å². The largest absolute Gasteiger partial charge is 2.00 e. The molecular weight excluding hydrogens is 378 g/mol. The predicted molar refractivity (Wildman–Crippen MR) is 80.4 cm³/mol. The molecular formula is C18H21Cl2Zr-3. The maximum atomic E-state index is 3.29. The summed E-state index contributed by atoms with van der Waals surface area (Å²) in [7, 11) is 0. The van der Waals surface area contributed by atoms with Crippen LogP contribution in [0.25, 0.3) is 6.08 Å². The fourth-order valence-corrected chi connectivity index (χ4v) is 1.84. The summed E-state index contributed by atoms with van der Waals surface area (Å²) in [4.78, 5) is 0. The van der Waals surface area contributed by atoms with Gasteiger partial charge in [0.25, 0.3) is 0 Å². The number of benzene rings is 1. The van der Waals surface area contributed by atoms with Crippen molar-refractivity contribution in [1.82, 2.24) is 0 Å². The zero-order chi connectivity index (χ0) is 13.4. The molecule has 3 heteroatoms. The van der Waals surface area contributed by atoms with E-state index in [1.807, 2.05) is 30.3 Å². The Balaban J connectivity index is -0.000000282. The zero-order valence-electron chi connectivity index (χ0n) is 12.7. The summed E-state index contributed by atoms with van der Waals surface area (Å²) in [6.45, 7) is 9.30. The van der Waals surface area contributed by atoms with Crippen LogP contribution in [0.5, 0.6) is 0 Å². The number of hydrogen-bond donors (Lipinski definition) is 0. The van der Waals surface area contributed by atoms with E-state index in [0.29, 0.717) is 5.92 Å². The van der Waals surface area contributed by atoms with Gasteiger partial charge in [0.1, 0.15) is 0 Å². The average molecular weight is 399 g/mol. The molecule has 0 spiro atoms. The van der Waals surface area contributed by atoms with Gasteiger partial charge in [0.05, 0.1) is 0 Å². The molecule has 0 nitrogen and oxygen atoms in total. The number of hydrogen-bond acceptors (Lipinski definition) is 0. The molecule has 0 aliphatic heterocycles. The third-order valence-electron chi connectivity index (χ3n) is 2.75. The first kappa shape index (κ1) is 25.7. The molecule has 0 N–H and O–H groups in total. The van der Waals surface area contributed by atoms with E-state index in [0.717, 1.165) is 0 Å². The summed E-state index contributed by atoms with van der Waals surface area (Å²) in [5, 5.41) is 0. The van der Waals surface area contributed by atoms with Crippen molar-refractivity contribution in [3.8, 4) is 0 Å². The molecule has 0 aromatic heterocycles. The van der Waals surface area contributed by atoms with E-state index < -0.39 is 0 Å². The molecule has 0 saturated heterocycles. The van der Waals surface area contributed by atoms with Gasteiger partial charge in [0, 0.05) is 0 Å². The number of aryl methyl sites for hydroxylation is 1. The fourth-order valence-electron chi connectivity index (χ4n) is 1.84. The minimum absolute atomic E-state index is 0. The molecule has 0 amide bonds. The minimum Gasteiger partial charge on any atom is -1.00 e.